The molecule has 1 unspecified atom stereocenters. The average Bonchev–Trinajstić information content (AvgIpc) is 2.70. The van der Waals surface area contributed by atoms with E-state index in [0.29, 0.717) is 19.7 Å². The molecule has 2 N–H and O–H groups in total. The first-order valence-electron chi connectivity index (χ1n) is 5.16. The highest BCUT2D eigenvalue weighted by Crippen LogP contribution is 1.96. The quantitative estimate of drug-likeness (QED) is 0.643. The standard InChI is InChI=1S/C10H16N2O4/c1-2-15-10(14)5-9(13)7-11-6-8-3-4-16-12-8/h3-4,9,11,13H,2,5-7H2,1H3. The van der Waals surface area contributed by atoms with Gasteiger partial charge in [-0.3, -0.25) is 4.79 Å². The Kier molecular flexibility index (Phi) is 5.52. The van der Waals surface area contributed by atoms with Crippen molar-refractivity contribution < 1.29 is 19.2 Å². The number of esters is 1. The molecule has 0 radical (unpaired) electrons. The van der Waals surface area contributed by atoms with E-state index in [4.69, 9.17) is 4.74 Å². The van der Waals surface area contributed by atoms with Gasteiger partial charge < -0.3 is 19.7 Å². The van der Waals surface area contributed by atoms with Crippen molar-refractivity contribution in [2.24, 2.45) is 0 Å². The Morgan fingerprint density at radius 1 is 1.75 bits per heavy atom. The lowest BCUT2D eigenvalue weighted by molar-refractivity contribution is -0.145. The lowest BCUT2D eigenvalue weighted by Crippen LogP contribution is -2.29. The minimum Gasteiger partial charge on any atom is -0.466 e. The zero-order valence-electron chi connectivity index (χ0n) is 9.18. The summed E-state index contributed by atoms with van der Waals surface area (Å²) in [5, 5.41) is 16.1. The van der Waals surface area contributed by atoms with Gasteiger partial charge in [-0.1, -0.05) is 5.16 Å². The van der Waals surface area contributed by atoms with Crippen LogP contribution in [0, 0.1) is 0 Å². The van der Waals surface area contributed by atoms with Gasteiger partial charge in [0.2, 0.25) is 0 Å². The molecule has 1 heterocycles. The molecule has 1 atom stereocenters. The van der Waals surface area contributed by atoms with Gasteiger partial charge in [0.1, 0.15) is 6.26 Å². The van der Waals surface area contributed by atoms with E-state index in [-0.39, 0.29) is 6.42 Å². The Morgan fingerprint density at radius 3 is 3.19 bits per heavy atom. The molecule has 0 saturated heterocycles. The zero-order valence-corrected chi connectivity index (χ0v) is 9.18. The molecular formula is C10H16N2O4. The molecule has 1 aromatic rings. The van der Waals surface area contributed by atoms with Crippen LogP contribution in [0.5, 0.6) is 0 Å². The van der Waals surface area contributed by atoms with Crippen LogP contribution in [0.25, 0.3) is 0 Å². The average molecular weight is 228 g/mol. The van der Waals surface area contributed by atoms with Crippen LogP contribution < -0.4 is 5.32 Å². The fourth-order valence-corrected chi connectivity index (χ4v) is 1.18. The van der Waals surface area contributed by atoms with Crippen LogP contribution in [0.15, 0.2) is 16.9 Å². The number of aromatic nitrogens is 1. The van der Waals surface area contributed by atoms with E-state index in [9.17, 15) is 9.90 Å². The predicted molar refractivity (Wildman–Crippen MR) is 55.5 cm³/mol. The number of nitrogens with one attached hydrogen (secondary N) is 1. The number of carbonyl (C=O) groups is 1. The molecule has 1 rings (SSSR count). The summed E-state index contributed by atoms with van der Waals surface area (Å²) in [5.74, 6) is -0.391. The summed E-state index contributed by atoms with van der Waals surface area (Å²) in [6.45, 7) is 2.87. The topological polar surface area (TPSA) is 84.6 Å². The summed E-state index contributed by atoms with van der Waals surface area (Å²) in [4.78, 5) is 11.0. The minimum atomic E-state index is -0.744. The van der Waals surface area contributed by atoms with E-state index in [1.807, 2.05) is 0 Å². The predicted octanol–water partition coefficient (Wildman–Crippen LogP) is 0.0783. The molecule has 0 aliphatic rings. The van der Waals surface area contributed by atoms with Crippen LogP contribution in [0.2, 0.25) is 0 Å². The van der Waals surface area contributed by atoms with Crippen LogP contribution >= 0.6 is 0 Å². The highest BCUT2D eigenvalue weighted by molar-refractivity contribution is 5.69. The van der Waals surface area contributed by atoms with E-state index < -0.39 is 12.1 Å². The highest BCUT2D eigenvalue weighted by Gasteiger charge is 2.11. The van der Waals surface area contributed by atoms with Crippen LogP contribution in [0.4, 0.5) is 0 Å². The maximum atomic E-state index is 11.0. The molecule has 0 amide bonds. The van der Waals surface area contributed by atoms with Crippen molar-refractivity contribution >= 4 is 5.97 Å². The lowest BCUT2D eigenvalue weighted by Gasteiger charge is -2.10. The van der Waals surface area contributed by atoms with Crippen LogP contribution in [-0.2, 0) is 16.1 Å². The summed E-state index contributed by atoms with van der Waals surface area (Å²) < 4.78 is 9.35. The highest BCUT2D eigenvalue weighted by atomic mass is 16.5. The number of hydrogen-bond donors (Lipinski definition) is 2. The Morgan fingerprint density at radius 2 is 2.56 bits per heavy atom. The monoisotopic (exact) mass is 228 g/mol. The van der Waals surface area contributed by atoms with Gasteiger partial charge >= 0.3 is 5.97 Å². The molecule has 0 aliphatic carbocycles. The van der Waals surface area contributed by atoms with Crippen molar-refractivity contribution in [2.75, 3.05) is 13.2 Å². The van der Waals surface area contributed by atoms with Gasteiger partial charge in [-0.05, 0) is 6.92 Å². The van der Waals surface area contributed by atoms with Crippen LogP contribution in [0.1, 0.15) is 19.0 Å². The number of aliphatic hydroxyl groups excluding tert-OH is 1. The molecule has 6 heteroatoms. The zero-order chi connectivity index (χ0) is 11.8. The van der Waals surface area contributed by atoms with Crippen molar-refractivity contribution in [1.82, 2.24) is 10.5 Å². The second-order valence-corrected chi connectivity index (χ2v) is 3.28. The fourth-order valence-electron chi connectivity index (χ4n) is 1.18. The van der Waals surface area contributed by atoms with Crippen molar-refractivity contribution in [1.29, 1.82) is 0 Å². The minimum absolute atomic E-state index is 0.000342. The second-order valence-electron chi connectivity index (χ2n) is 3.28. The third-order valence-electron chi connectivity index (χ3n) is 1.88. The number of rotatable bonds is 7. The van der Waals surface area contributed by atoms with E-state index in [2.05, 4.69) is 15.0 Å². The van der Waals surface area contributed by atoms with Gasteiger partial charge in [0, 0.05) is 19.2 Å². The largest absolute Gasteiger partial charge is 0.466 e. The number of carbonyl (C=O) groups excluding carboxylic acids is 1. The third-order valence-corrected chi connectivity index (χ3v) is 1.88. The Labute approximate surface area is 93.6 Å². The van der Waals surface area contributed by atoms with E-state index in [0.717, 1.165) is 5.69 Å². The number of hydrogen-bond acceptors (Lipinski definition) is 6. The van der Waals surface area contributed by atoms with E-state index in [1.54, 1.807) is 13.0 Å². The first-order valence-corrected chi connectivity index (χ1v) is 5.16. The first-order chi connectivity index (χ1) is 7.72. The van der Waals surface area contributed by atoms with Gasteiger partial charge in [-0.25, -0.2) is 0 Å². The maximum Gasteiger partial charge on any atom is 0.308 e. The summed E-state index contributed by atoms with van der Waals surface area (Å²) in [5.41, 5.74) is 0.753. The summed E-state index contributed by atoms with van der Waals surface area (Å²) >= 11 is 0. The molecule has 6 nitrogen and oxygen atoms in total. The van der Waals surface area contributed by atoms with Crippen LogP contribution in [0.3, 0.4) is 0 Å². The van der Waals surface area contributed by atoms with Gasteiger partial charge in [-0.2, -0.15) is 0 Å². The molecule has 0 saturated carbocycles. The van der Waals surface area contributed by atoms with Crippen molar-refractivity contribution in [3.8, 4) is 0 Å². The van der Waals surface area contributed by atoms with E-state index in [1.165, 1.54) is 6.26 Å². The normalized spacial score (nSPS) is 12.4. The van der Waals surface area contributed by atoms with E-state index >= 15 is 0 Å². The van der Waals surface area contributed by atoms with Crippen LogP contribution in [-0.4, -0.2) is 35.5 Å². The molecule has 0 aromatic carbocycles. The maximum absolute atomic E-state index is 11.0. The first kappa shape index (κ1) is 12.7. The smallest absolute Gasteiger partial charge is 0.308 e. The number of ether oxygens (including phenoxy) is 1. The van der Waals surface area contributed by atoms with Crippen molar-refractivity contribution in [2.45, 2.75) is 26.0 Å². The third kappa shape index (κ3) is 4.90. The SMILES string of the molecule is CCOC(=O)CC(O)CNCc1ccon1. The van der Waals surface area contributed by atoms with Crippen molar-refractivity contribution in [3.63, 3.8) is 0 Å². The summed E-state index contributed by atoms with van der Waals surface area (Å²) in [6, 6.07) is 1.73. The second kappa shape index (κ2) is 6.97. The summed E-state index contributed by atoms with van der Waals surface area (Å²) in [6.07, 6.45) is 0.733. The summed E-state index contributed by atoms with van der Waals surface area (Å²) in [7, 11) is 0. The van der Waals surface area contributed by atoms with Gasteiger partial charge in [0.25, 0.3) is 0 Å². The molecule has 0 fully saturated rings. The molecule has 1 aromatic heterocycles. The molecule has 0 aliphatic heterocycles. The molecule has 90 valence electrons. The van der Waals surface area contributed by atoms with Gasteiger partial charge in [0.05, 0.1) is 24.8 Å². The number of nitrogens with zero attached hydrogens (tertiary/aromatic N) is 1. The van der Waals surface area contributed by atoms with Gasteiger partial charge in [-0.15, -0.1) is 0 Å². The molecular weight excluding hydrogens is 212 g/mol. The molecule has 0 bridgehead atoms. The number of aliphatic hydroxyl groups is 1. The Bertz CT molecular complexity index is 300. The molecule has 16 heavy (non-hydrogen) atoms. The lowest BCUT2D eigenvalue weighted by atomic mass is 10.2. The van der Waals surface area contributed by atoms with Gasteiger partial charge in [0.15, 0.2) is 0 Å². The Balaban J connectivity index is 2.10. The Hall–Kier alpha value is -1.40. The molecule has 0 spiro atoms. The fraction of sp³-hybridized carbons (Fsp3) is 0.600. The van der Waals surface area contributed by atoms with Crippen molar-refractivity contribution in [3.05, 3.63) is 18.0 Å².